The number of nitrogens with zero attached hydrogens (tertiary/aromatic N) is 1. The molecule has 0 spiro atoms. The Labute approximate surface area is 182 Å². The summed E-state index contributed by atoms with van der Waals surface area (Å²) in [5.41, 5.74) is 7.59. The number of thiocarbonyl (C=S) groups is 1. The van der Waals surface area contributed by atoms with E-state index in [0.717, 1.165) is 0 Å². The van der Waals surface area contributed by atoms with Crippen molar-refractivity contribution in [1.82, 2.24) is 10.4 Å². The SMILES string of the molecule is CC(=O)N(NC(=S)c1cc(C(F)(F)F)ccc1F)C1c2ccccc2OCC1CCN. The molecule has 2 aromatic carbocycles. The van der Waals surface area contributed by atoms with Crippen LogP contribution in [-0.4, -0.2) is 29.1 Å². The molecule has 0 aliphatic carbocycles. The standard InChI is InChI=1S/C21H21F4N3O2S/c1-12(29)28(19-13(8-9-26)11-30-18-5-3-2-4-15(18)19)27-20(31)16-10-14(21(23,24)25)6-7-17(16)22/h2-7,10,13,19H,8-9,11,26H2,1H3,(H,27,31). The molecule has 3 rings (SSSR count). The molecule has 0 radical (unpaired) electrons. The van der Waals surface area contributed by atoms with Crippen LogP contribution in [0.25, 0.3) is 0 Å². The zero-order valence-corrected chi connectivity index (χ0v) is 17.4. The van der Waals surface area contributed by atoms with Crippen LogP contribution >= 0.6 is 12.2 Å². The molecule has 2 unspecified atom stereocenters. The monoisotopic (exact) mass is 455 g/mol. The molecule has 1 aliphatic heterocycles. The van der Waals surface area contributed by atoms with Crippen molar-refractivity contribution in [1.29, 1.82) is 0 Å². The van der Waals surface area contributed by atoms with E-state index in [4.69, 9.17) is 22.7 Å². The van der Waals surface area contributed by atoms with Gasteiger partial charge in [0.2, 0.25) is 5.91 Å². The maximum atomic E-state index is 14.3. The Balaban J connectivity index is 1.98. The fourth-order valence-corrected chi connectivity index (χ4v) is 3.85. The quantitative estimate of drug-likeness (QED) is 0.415. The van der Waals surface area contributed by atoms with E-state index in [0.29, 0.717) is 42.5 Å². The zero-order valence-electron chi connectivity index (χ0n) is 16.6. The van der Waals surface area contributed by atoms with Gasteiger partial charge < -0.3 is 10.5 Å². The molecule has 2 atom stereocenters. The lowest BCUT2D eigenvalue weighted by Crippen LogP contribution is -2.51. The zero-order chi connectivity index (χ0) is 22.8. The Morgan fingerprint density at radius 3 is 2.65 bits per heavy atom. The number of carbonyl (C=O) groups excluding carboxylic acids is 1. The van der Waals surface area contributed by atoms with Crippen LogP contribution in [0.4, 0.5) is 17.6 Å². The number of hydrogen-bond donors (Lipinski definition) is 2. The highest BCUT2D eigenvalue weighted by molar-refractivity contribution is 7.80. The molecular formula is C21H21F4N3O2S. The van der Waals surface area contributed by atoms with Crippen LogP contribution in [0.15, 0.2) is 42.5 Å². The van der Waals surface area contributed by atoms with Gasteiger partial charge in [-0.2, -0.15) is 13.2 Å². The predicted octanol–water partition coefficient (Wildman–Crippen LogP) is 3.97. The average Bonchev–Trinajstić information content (AvgIpc) is 2.71. The van der Waals surface area contributed by atoms with Gasteiger partial charge in [-0.25, -0.2) is 9.40 Å². The molecule has 0 saturated heterocycles. The Kier molecular flexibility index (Phi) is 6.80. The third-order valence-corrected chi connectivity index (χ3v) is 5.36. The van der Waals surface area contributed by atoms with Gasteiger partial charge in [0, 0.05) is 24.0 Å². The Hall–Kier alpha value is -2.72. The molecule has 2 aromatic rings. The fourth-order valence-electron chi connectivity index (χ4n) is 3.59. The summed E-state index contributed by atoms with van der Waals surface area (Å²) in [6.07, 6.45) is -4.14. The molecule has 166 valence electrons. The van der Waals surface area contributed by atoms with E-state index in [1.54, 1.807) is 24.3 Å². The largest absolute Gasteiger partial charge is 0.493 e. The number of hydrogen-bond acceptors (Lipinski definition) is 4. The number of nitrogens with one attached hydrogen (secondary N) is 1. The first-order valence-electron chi connectivity index (χ1n) is 9.52. The second-order valence-corrected chi connectivity index (χ2v) is 7.56. The van der Waals surface area contributed by atoms with Crippen LogP contribution in [0.3, 0.4) is 0 Å². The first kappa shape index (κ1) is 23.0. The third-order valence-electron chi connectivity index (χ3n) is 5.05. The van der Waals surface area contributed by atoms with E-state index >= 15 is 0 Å². The van der Waals surface area contributed by atoms with Crippen LogP contribution in [0.1, 0.15) is 36.1 Å². The van der Waals surface area contributed by atoms with Crippen LogP contribution in [-0.2, 0) is 11.0 Å². The number of benzene rings is 2. The fraction of sp³-hybridized carbons (Fsp3) is 0.333. The molecule has 0 aromatic heterocycles. The first-order valence-corrected chi connectivity index (χ1v) is 9.93. The maximum absolute atomic E-state index is 14.3. The van der Waals surface area contributed by atoms with Gasteiger partial charge in [0.25, 0.3) is 0 Å². The summed E-state index contributed by atoms with van der Waals surface area (Å²) in [5, 5.41) is 1.21. The highest BCUT2D eigenvalue weighted by Gasteiger charge is 2.37. The van der Waals surface area contributed by atoms with Gasteiger partial charge in [-0.05, 0) is 37.2 Å². The van der Waals surface area contributed by atoms with E-state index in [1.165, 1.54) is 11.9 Å². The van der Waals surface area contributed by atoms with Crippen LogP contribution in [0.2, 0.25) is 0 Å². The smallest absolute Gasteiger partial charge is 0.416 e. The molecular weight excluding hydrogens is 434 g/mol. The maximum Gasteiger partial charge on any atom is 0.416 e. The van der Waals surface area contributed by atoms with Crippen molar-refractivity contribution in [2.45, 2.75) is 25.6 Å². The minimum Gasteiger partial charge on any atom is -0.493 e. The average molecular weight is 455 g/mol. The minimum absolute atomic E-state index is 0.203. The number of amides is 1. The highest BCUT2D eigenvalue weighted by atomic mass is 32.1. The Morgan fingerprint density at radius 2 is 2.00 bits per heavy atom. The number of carbonyl (C=O) groups is 1. The van der Waals surface area contributed by atoms with Gasteiger partial charge in [-0.1, -0.05) is 30.4 Å². The van der Waals surface area contributed by atoms with Gasteiger partial charge in [0.05, 0.1) is 18.2 Å². The van der Waals surface area contributed by atoms with Gasteiger partial charge >= 0.3 is 6.18 Å². The molecule has 10 heteroatoms. The summed E-state index contributed by atoms with van der Waals surface area (Å²) in [6.45, 7) is 1.91. The van der Waals surface area contributed by atoms with Crippen molar-refractivity contribution >= 4 is 23.1 Å². The van der Waals surface area contributed by atoms with E-state index in [1.807, 2.05) is 0 Å². The van der Waals surface area contributed by atoms with Gasteiger partial charge in [0.15, 0.2) is 0 Å². The molecule has 31 heavy (non-hydrogen) atoms. The summed E-state index contributed by atoms with van der Waals surface area (Å²) < 4.78 is 59.3. The number of rotatable bonds is 4. The van der Waals surface area contributed by atoms with E-state index in [2.05, 4.69) is 5.43 Å². The van der Waals surface area contributed by atoms with E-state index in [9.17, 15) is 22.4 Å². The normalized spacial score (nSPS) is 18.0. The van der Waals surface area contributed by atoms with Crippen molar-refractivity contribution in [3.05, 3.63) is 65.0 Å². The summed E-state index contributed by atoms with van der Waals surface area (Å²) in [7, 11) is 0. The minimum atomic E-state index is -4.66. The number of nitrogens with two attached hydrogens (primary N) is 1. The van der Waals surface area contributed by atoms with Crippen molar-refractivity contribution in [3.63, 3.8) is 0 Å². The second kappa shape index (κ2) is 9.19. The van der Waals surface area contributed by atoms with Gasteiger partial charge in [0.1, 0.15) is 16.6 Å². The number of halogens is 4. The summed E-state index contributed by atoms with van der Waals surface area (Å²) in [5.74, 6) is -1.01. The number of hydrazine groups is 1. The molecule has 1 heterocycles. The third kappa shape index (κ3) is 4.96. The number of alkyl halides is 3. The topological polar surface area (TPSA) is 67.6 Å². The second-order valence-electron chi connectivity index (χ2n) is 7.15. The van der Waals surface area contributed by atoms with Crippen molar-refractivity contribution in [2.75, 3.05) is 13.2 Å². The molecule has 3 N–H and O–H groups in total. The lowest BCUT2D eigenvalue weighted by molar-refractivity contribution is -0.138. The van der Waals surface area contributed by atoms with E-state index in [-0.39, 0.29) is 17.5 Å². The summed E-state index contributed by atoms with van der Waals surface area (Å²) in [6, 6.07) is 8.51. The Morgan fingerprint density at radius 1 is 1.29 bits per heavy atom. The lowest BCUT2D eigenvalue weighted by atomic mass is 9.87. The molecule has 0 bridgehead atoms. The first-order chi connectivity index (χ1) is 14.6. The molecule has 5 nitrogen and oxygen atoms in total. The number of para-hydroxylation sites is 1. The van der Waals surface area contributed by atoms with Gasteiger partial charge in [-0.3, -0.25) is 10.2 Å². The summed E-state index contributed by atoms with van der Waals surface area (Å²) in [4.78, 5) is 12.2. The van der Waals surface area contributed by atoms with Gasteiger partial charge in [-0.15, -0.1) is 0 Å². The van der Waals surface area contributed by atoms with Crippen molar-refractivity contribution < 1.29 is 27.1 Å². The summed E-state index contributed by atoms with van der Waals surface area (Å²) >= 11 is 5.19. The predicted molar refractivity (Wildman–Crippen MR) is 111 cm³/mol. The molecule has 0 fully saturated rings. The number of ether oxygens (including phenoxy) is 1. The molecule has 0 saturated carbocycles. The Bertz CT molecular complexity index is 983. The van der Waals surface area contributed by atoms with Crippen LogP contribution in [0, 0.1) is 11.7 Å². The van der Waals surface area contributed by atoms with Crippen molar-refractivity contribution in [2.24, 2.45) is 11.7 Å². The van der Waals surface area contributed by atoms with Crippen molar-refractivity contribution in [3.8, 4) is 5.75 Å². The molecule has 1 aliphatic rings. The molecule has 1 amide bonds. The highest BCUT2D eigenvalue weighted by Crippen LogP contribution is 2.40. The van der Waals surface area contributed by atoms with Crippen LogP contribution in [0.5, 0.6) is 5.75 Å². The number of fused-ring (bicyclic) bond motifs is 1. The van der Waals surface area contributed by atoms with E-state index < -0.39 is 35.1 Å². The lowest BCUT2D eigenvalue weighted by Gasteiger charge is -2.40. The van der Waals surface area contributed by atoms with Crippen LogP contribution < -0.4 is 15.9 Å².